The van der Waals surface area contributed by atoms with E-state index in [1.807, 2.05) is 32.9 Å². The fourth-order valence-corrected chi connectivity index (χ4v) is 3.52. The Labute approximate surface area is 165 Å². The monoisotopic (exact) mass is 392 g/mol. The quantitative estimate of drug-likeness (QED) is 0.562. The second-order valence-corrected chi connectivity index (χ2v) is 14.1. The van der Waals surface area contributed by atoms with E-state index < -0.39 is 15.4 Å². The standard InChI is InChI=1S/C20H33BO5Si/c1-14-20(5,6)26-21(25-14)17-11-10-15(18(22)23-7)12-16(17)13-24-27(8,9)19(2,3)4/h10-12,14H,13H2,1-9H3. The number of hydrogen-bond acceptors (Lipinski definition) is 5. The van der Waals surface area contributed by atoms with E-state index in [-0.39, 0.29) is 22.7 Å². The lowest BCUT2D eigenvalue weighted by Gasteiger charge is -2.36. The summed E-state index contributed by atoms with van der Waals surface area (Å²) < 4.78 is 23.5. The van der Waals surface area contributed by atoms with Crippen LogP contribution in [-0.4, -0.2) is 40.2 Å². The minimum absolute atomic E-state index is 0.0306. The van der Waals surface area contributed by atoms with Gasteiger partial charge in [0.1, 0.15) is 0 Å². The first-order valence-corrected chi connectivity index (χ1v) is 12.4. The van der Waals surface area contributed by atoms with Crippen LogP contribution in [0.2, 0.25) is 18.1 Å². The molecule has 1 aromatic carbocycles. The van der Waals surface area contributed by atoms with Crippen LogP contribution in [0.25, 0.3) is 0 Å². The minimum Gasteiger partial charge on any atom is -0.465 e. The fraction of sp³-hybridized carbons (Fsp3) is 0.650. The molecule has 5 nitrogen and oxygen atoms in total. The first kappa shape index (κ1) is 22.1. The van der Waals surface area contributed by atoms with E-state index >= 15 is 0 Å². The third-order valence-electron chi connectivity index (χ3n) is 5.93. The number of rotatable bonds is 5. The number of carbonyl (C=O) groups excluding carboxylic acids is 1. The van der Waals surface area contributed by atoms with Crippen LogP contribution < -0.4 is 5.46 Å². The molecule has 27 heavy (non-hydrogen) atoms. The lowest BCUT2D eigenvalue weighted by atomic mass is 9.75. The molecule has 0 spiro atoms. The second kappa shape index (κ2) is 7.70. The summed E-state index contributed by atoms with van der Waals surface area (Å²) in [6.07, 6.45) is -0.0306. The molecule has 0 aromatic heterocycles. The molecule has 1 heterocycles. The molecule has 7 heteroatoms. The summed E-state index contributed by atoms with van der Waals surface area (Å²) in [5, 5.41) is 0.101. The number of esters is 1. The van der Waals surface area contributed by atoms with Gasteiger partial charge in [-0.1, -0.05) is 26.8 Å². The van der Waals surface area contributed by atoms with Gasteiger partial charge in [0.05, 0.1) is 31.0 Å². The Hall–Kier alpha value is -1.15. The first-order valence-electron chi connectivity index (χ1n) is 9.47. The summed E-state index contributed by atoms with van der Waals surface area (Å²) in [4.78, 5) is 12.0. The van der Waals surface area contributed by atoms with Gasteiger partial charge in [-0.2, -0.15) is 0 Å². The molecule has 1 fully saturated rings. The first-order chi connectivity index (χ1) is 12.3. The predicted molar refractivity (Wildman–Crippen MR) is 111 cm³/mol. The van der Waals surface area contributed by atoms with Crippen molar-refractivity contribution >= 4 is 26.9 Å². The summed E-state index contributed by atoms with van der Waals surface area (Å²) >= 11 is 0. The Balaban J connectivity index is 2.35. The van der Waals surface area contributed by atoms with Gasteiger partial charge in [-0.3, -0.25) is 0 Å². The average Bonchev–Trinajstić information content (AvgIpc) is 2.84. The molecule has 0 bridgehead atoms. The molecule has 1 unspecified atom stereocenters. The van der Waals surface area contributed by atoms with Crippen molar-refractivity contribution < 1.29 is 23.3 Å². The van der Waals surface area contributed by atoms with Gasteiger partial charge in [0, 0.05) is 0 Å². The van der Waals surface area contributed by atoms with Crippen molar-refractivity contribution in [2.75, 3.05) is 7.11 Å². The van der Waals surface area contributed by atoms with E-state index in [2.05, 4.69) is 33.9 Å². The number of ether oxygens (including phenoxy) is 1. The van der Waals surface area contributed by atoms with E-state index in [4.69, 9.17) is 18.5 Å². The fourth-order valence-electron chi connectivity index (χ4n) is 2.57. The highest BCUT2D eigenvalue weighted by atomic mass is 28.4. The van der Waals surface area contributed by atoms with Gasteiger partial charge in [0.15, 0.2) is 8.32 Å². The van der Waals surface area contributed by atoms with Crippen LogP contribution in [-0.2, 0) is 25.1 Å². The molecular formula is C20H33BO5Si. The molecule has 1 aliphatic rings. The average molecular weight is 392 g/mol. The van der Waals surface area contributed by atoms with Crippen LogP contribution in [0.4, 0.5) is 0 Å². The van der Waals surface area contributed by atoms with Gasteiger partial charge in [0.25, 0.3) is 0 Å². The number of carbonyl (C=O) groups is 1. The maximum Gasteiger partial charge on any atom is 0.494 e. The van der Waals surface area contributed by atoms with Crippen molar-refractivity contribution in [2.45, 2.75) is 78.0 Å². The van der Waals surface area contributed by atoms with E-state index in [0.717, 1.165) is 11.0 Å². The predicted octanol–water partition coefficient (Wildman–Crippen LogP) is 3.90. The van der Waals surface area contributed by atoms with Crippen LogP contribution in [0.5, 0.6) is 0 Å². The van der Waals surface area contributed by atoms with Crippen LogP contribution >= 0.6 is 0 Å². The van der Waals surface area contributed by atoms with Crippen molar-refractivity contribution in [2.24, 2.45) is 0 Å². The molecule has 0 saturated carbocycles. The van der Waals surface area contributed by atoms with Gasteiger partial charge in [0.2, 0.25) is 0 Å². The summed E-state index contributed by atoms with van der Waals surface area (Å²) in [5.74, 6) is -0.364. The summed E-state index contributed by atoms with van der Waals surface area (Å²) in [5.41, 5.74) is 1.93. The molecule has 1 aromatic rings. The highest BCUT2D eigenvalue weighted by molar-refractivity contribution is 6.74. The Bertz CT molecular complexity index is 696. The minimum atomic E-state index is -1.94. The van der Waals surface area contributed by atoms with E-state index in [1.165, 1.54) is 7.11 Å². The Morgan fingerprint density at radius 1 is 1.30 bits per heavy atom. The van der Waals surface area contributed by atoms with E-state index in [0.29, 0.717) is 12.2 Å². The number of benzene rings is 1. The van der Waals surface area contributed by atoms with Crippen LogP contribution in [0.3, 0.4) is 0 Å². The second-order valence-electron chi connectivity index (χ2n) is 9.29. The third kappa shape index (κ3) is 4.83. The topological polar surface area (TPSA) is 54.0 Å². The molecule has 0 N–H and O–H groups in total. The molecule has 150 valence electrons. The van der Waals surface area contributed by atoms with Crippen LogP contribution in [0.15, 0.2) is 18.2 Å². The molecule has 0 aliphatic carbocycles. The molecule has 1 aliphatic heterocycles. The highest BCUT2D eigenvalue weighted by Gasteiger charge is 2.45. The van der Waals surface area contributed by atoms with Crippen molar-refractivity contribution in [3.05, 3.63) is 29.3 Å². The van der Waals surface area contributed by atoms with Gasteiger partial charge >= 0.3 is 13.1 Å². The zero-order valence-electron chi connectivity index (χ0n) is 18.1. The smallest absolute Gasteiger partial charge is 0.465 e. The largest absolute Gasteiger partial charge is 0.494 e. The van der Waals surface area contributed by atoms with Crippen LogP contribution in [0, 0.1) is 0 Å². The zero-order chi connectivity index (χ0) is 20.6. The van der Waals surface area contributed by atoms with Crippen molar-refractivity contribution in [1.82, 2.24) is 0 Å². The van der Waals surface area contributed by atoms with Crippen molar-refractivity contribution in [3.63, 3.8) is 0 Å². The molecule has 0 amide bonds. The van der Waals surface area contributed by atoms with Crippen molar-refractivity contribution in [1.29, 1.82) is 0 Å². The Morgan fingerprint density at radius 3 is 2.41 bits per heavy atom. The molecule has 1 atom stereocenters. The molecule has 0 radical (unpaired) electrons. The van der Waals surface area contributed by atoms with Crippen LogP contribution in [0.1, 0.15) is 57.5 Å². The molecular weight excluding hydrogens is 359 g/mol. The normalized spacial score (nSPS) is 20.0. The lowest BCUT2D eigenvalue weighted by molar-refractivity contribution is 0.0600. The Kier molecular flexibility index (Phi) is 6.31. The van der Waals surface area contributed by atoms with Crippen molar-refractivity contribution in [3.8, 4) is 0 Å². The number of hydrogen-bond donors (Lipinski definition) is 0. The van der Waals surface area contributed by atoms with Gasteiger partial charge in [-0.25, -0.2) is 4.79 Å². The zero-order valence-corrected chi connectivity index (χ0v) is 19.1. The molecule has 2 rings (SSSR count). The van der Waals surface area contributed by atoms with Gasteiger partial charge in [-0.05, 0) is 62.1 Å². The van der Waals surface area contributed by atoms with E-state index in [1.54, 1.807) is 6.07 Å². The lowest BCUT2D eigenvalue weighted by Crippen LogP contribution is -2.42. The highest BCUT2D eigenvalue weighted by Crippen LogP contribution is 2.37. The summed E-state index contributed by atoms with van der Waals surface area (Å²) in [6.45, 7) is 17.5. The number of methoxy groups -OCH3 is 1. The Morgan fingerprint density at radius 2 is 1.93 bits per heavy atom. The SMILES string of the molecule is COC(=O)c1ccc(B2OC(C)C(C)(C)O2)c(CO[Si](C)(C)C(C)(C)C)c1. The van der Waals surface area contributed by atoms with Gasteiger partial charge in [-0.15, -0.1) is 0 Å². The van der Waals surface area contributed by atoms with E-state index in [9.17, 15) is 4.79 Å². The molecule has 1 saturated heterocycles. The summed E-state index contributed by atoms with van der Waals surface area (Å²) in [7, 11) is -1.03. The maximum absolute atomic E-state index is 12.0. The maximum atomic E-state index is 12.0. The van der Waals surface area contributed by atoms with Gasteiger partial charge < -0.3 is 18.5 Å². The third-order valence-corrected chi connectivity index (χ3v) is 10.4. The summed E-state index contributed by atoms with van der Waals surface area (Å²) in [6, 6.07) is 5.46.